The Balaban J connectivity index is 2.09. The van der Waals surface area contributed by atoms with Crippen molar-refractivity contribution in [2.45, 2.75) is 70.4 Å². The van der Waals surface area contributed by atoms with Crippen LogP contribution in [-0.2, 0) is 19.7 Å². The second kappa shape index (κ2) is 8.06. The van der Waals surface area contributed by atoms with E-state index in [2.05, 4.69) is 10.6 Å². The highest BCUT2D eigenvalue weighted by molar-refractivity contribution is 5.97. The summed E-state index contributed by atoms with van der Waals surface area (Å²) in [5, 5.41) is 4.75. The number of carbonyl (C=O) groups excluding carboxylic acids is 3. The standard InChI is InChI=1S/C20H27FN2O4/c1-13(16(24)22-18(26)23-19(2,3)4)27-17(25)20(11-7-8-12-20)14-9-5-6-10-15(14)21/h5-6,9-10,13H,7-8,11-12H2,1-4H3,(H2,22,23,24,26)/t13-/m0/s1. The molecule has 0 unspecified atom stereocenters. The van der Waals surface area contributed by atoms with E-state index in [-0.39, 0.29) is 0 Å². The van der Waals surface area contributed by atoms with E-state index in [1.165, 1.54) is 13.0 Å². The molecule has 148 valence electrons. The fourth-order valence-corrected chi connectivity index (χ4v) is 3.32. The van der Waals surface area contributed by atoms with Gasteiger partial charge in [-0.15, -0.1) is 0 Å². The van der Waals surface area contributed by atoms with Crippen LogP contribution in [0.4, 0.5) is 9.18 Å². The quantitative estimate of drug-likeness (QED) is 0.788. The van der Waals surface area contributed by atoms with Gasteiger partial charge in [-0.25, -0.2) is 9.18 Å². The van der Waals surface area contributed by atoms with E-state index < -0.39 is 40.8 Å². The molecule has 1 aliphatic rings. The van der Waals surface area contributed by atoms with Gasteiger partial charge in [0.05, 0.1) is 5.41 Å². The zero-order chi connectivity index (χ0) is 20.2. The summed E-state index contributed by atoms with van der Waals surface area (Å²) < 4.78 is 19.7. The first-order valence-corrected chi connectivity index (χ1v) is 9.14. The van der Waals surface area contributed by atoms with Crippen LogP contribution in [0.3, 0.4) is 0 Å². The van der Waals surface area contributed by atoms with E-state index in [9.17, 15) is 18.8 Å². The predicted octanol–water partition coefficient (Wildman–Crippen LogP) is 3.19. The summed E-state index contributed by atoms with van der Waals surface area (Å²) in [5.74, 6) is -1.83. The predicted molar refractivity (Wildman–Crippen MR) is 98.5 cm³/mol. The van der Waals surface area contributed by atoms with Crippen LogP contribution in [0.2, 0.25) is 0 Å². The maximum atomic E-state index is 14.3. The molecule has 0 aliphatic heterocycles. The Morgan fingerprint density at radius 2 is 1.74 bits per heavy atom. The van der Waals surface area contributed by atoms with Gasteiger partial charge >= 0.3 is 12.0 Å². The zero-order valence-electron chi connectivity index (χ0n) is 16.2. The number of rotatable bonds is 4. The average Bonchev–Trinajstić information content (AvgIpc) is 3.04. The van der Waals surface area contributed by atoms with Crippen molar-refractivity contribution in [2.24, 2.45) is 0 Å². The minimum absolute atomic E-state index is 0.297. The van der Waals surface area contributed by atoms with E-state index in [0.717, 1.165) is 12.8 Å². The molecule has 2 rings (SSSR count). The lowest BCUT2D eigenvalue weighted by Gasteiger charge is -2.29. The number of ether oxygens (including phenoxy) is 1. The fraction of sp³-hybridized carbons (Fsp3) is 0.550. The van der Waals surface area contributed by atoms with Gasteiger partial charge in [-0.1, -0.05) is 31.0 Å². The third-order valence-electron chi connectivity index (χ3n) is 4.62. The summed E-state index contributed by atoms with van der Waals surface area (Å²) in [6.07, 6.45) is 1.31. The van der Waals surface area contributed by atoms with Crippen molar-refractivity contribution in [1.82, 2.24) is 10.6 Å². The SMILES string of the molecule is C[C@H](OC(=O)C1(c2ccccc2F)CCCC1)C(=O)NC(=O)NC(C)(C)C. The number of imide groups is 1. The molecule has 3 amide bonds. The normalized spacial score (nSPS) is 17.1. The number of hydrogen-bond donors (Lipinski definition) is 2. The van der Waals surface area contributed by atoms with Gasteiger partial charge in [0.2, 0.25) is 0 Å². The van der Waals surface area contributed by atoms with Gasteiger partial charge in [0.1, 0.15) is 5.82 Å². The van der Waals surface area contributed by atoms with E-state index in [1.807, 2.05) is 0 Å². The first-order chi connectivity index (χ1) is 12.5. The molecule has 1 aromatic carbocycles. The zero-order valence-corrected chi connectivity index (χ0v) is 16.2. The topological polar surface area (TPSA) is 84.5 Å². The number of carbonyl (C=O) groups is 3. The molecule has 0 radical (unpaired) electrons. The molecule has 6 nitrogen and oxygen atoms in total. The highest BCUT2D eigenvalue weighted by Gasteiger charge is 2.46. The van der Waals surface area contributed by atoms with Gasteiger partial charge in [0.15, 0.2) is 6.10 Å². The lowest BCUT2D eigenvalue weighted by molar-refractivity contribution is -0.160. The number of hydrogen-bond acceptors (Lipinski definition) is 4. The Morgan fingerprint density at radius 3 is 2.30 bits per heavy atom. The number of esters is 1. The summed E-state index contributed by atoms with van der Waals surface area (Å²) in [6, 6.07) is 5.48. The van der Waals surface area contributed by atoms with E-state index in [1.54, 1.807) is 39.0 Å². The van der Waals surface area contributed by atoms with Crippen LogP contribution in [0.5, 0.6) is 0 Å². The molecule has 1 fully saturated rings. The Kier molecular flexibility index (Phi) is 6.23. The maximum absolute atomic E-state index is 14.3. The molecule has 2 N–H and O–H groups in total. The Morgan fingerprint density at radius 1 is 1.15 bits per heavy atom. The van der Waals surface area contributed by atoms with Crippen molar-refractivity contribution in [3.8, 4) is 0 Å². The largest absolute Gasteiger partial charge is 0.452 e. The van der Waals surface area contributed by atoms with Crippen molar-refractivity contribution in [1.29, 1.82) is 0 Å². The molecule has 1 aromatic rings. The highest BCUT2D eigenvalue weighted by atomic mass is 19.1. The average molecular weight is 378 g/mol. The van der Waals surface area contributed by atoms with E-state index in [4.69, 9.17) is 4.74 Å². The summed E-state index contributed by atoms with van der Waals surface area (Å²) in [6.45, 7) is 6.72. The van der Waals surface area contributed by atoms with Crippen LogP contribution >= 0.6 is 0 Å². The number of nitrogens with one attached hydrogen (secondary N) is 2. The number of urea groups is 1. The van der Waals surface area contributed by atoms with Crippen LogP contribution in [0.15, 0.2) is 24.3 Å². The fourth-order valence-electron chi connectivity index (χ4n) is 3.32. The minimum Gasteiger partial charge on any atom is -0.452 e. The van der Waals surface area contributed by atoms with Crippen molar-refractivity contribution < 1.29 is 23.5 Å². The number of benzene rings is 1. The van der Waals surface area contributed by atoms with Crippen LogP contribution in [0.25, 0.3) is 0 Å². The smallest absolute Gasteiger partial charge is 0.321 e. The van der Waals surface area contributed by atoms with Crippen molar-refractivity contribution >= 4 is 17.9 Å². The molecular formula is C20H27FN2O4. The monoisotopic (exact) mass is 378 g/mol. The molecule has 1 saturated carbocycles. The number of halogens is 1. The lowest BCUT2D eigenvalue weighted by atomic mass is 9.78. The Bertz CT molecular complexity index is 721. The first kappa shape index (κ1) is 20.9. The van der Waals surface area contributed by atoms with Gasteiger partial charge in [-0.3, -0.25) is 14.9 Å². The molecule has 27 heavy (non-hydrogen) atoms. The van der Waals surface area contributed by atoms with E-state index >= 15 is 0 Å². The van der Waals surface area contributed by atoms with Gasteiger partial charge in [-0.05, 0) is 46.6 Å². The molecule has 1 aliphatic carbocycles. The summed E-state index contributed by atoms with van der Waals surface area (Å²) in [7, 11) is 0. The highest BCUT2D eigenvalue weighted by Crippen LogP contribution is 2.43. The van der Waals surface area contributed by atoms with Gasteiger partial charge in [0, 0.05) is 11.1 Å². The molecule has 0 spiro atoms. The first-order valence-electron chi connectivity index (χ1n) is 9.14. The Hall–Kier alpha value is -2.44. The summed E-state index contributed by atoms with van der Waals surface area (Å²) in [4.78, 5) is 36.9. The molecular weight excluding hydrogens is 351 g/mol. The molecule has 1 atom stereocenters. The second-order valence-corrected chi connectivity index (χ2v) is 8.01. The van der Waals surface area contributed by atoms with Crippen LogP contribution < -0.4 is 10.6 Å². The van der Waals surface area contributed by atoms with Crippen molar-refractivity contribution in [3.63, 3.8) is 0 Å². The maximum Gasteiger partial charge on any atom is 0.321 e. The molecule has 0 aromatic heterocycles. The van der Waals surface area contributed by atoms with Crippen LogP contribution in [0.1, 0.15) is 58.9 Å². The van der Waals surface area contributed by atoms with Gasteiger partial charge < -0.3 is 10.1 Å². The summed E-state index contributed by atoms with van der Waals surface area (Å²) >= 11 is 0. The third-order valence-corrected chi connectivity index (χ3v) is 4.62. The molecule has 0 heterocycles. The van der Waals surface area contributed by atoms with Crippen molar-refractivity contribution in [2.75, 3.05) is 0 Å². The number of amides is 3. The second-order valence-electron chi connectivity index (χ2n) is 8.01. The van der Waals surface area contributed by atoms with Crippen LogP contribution in [-0.4, -0.2) is 29.6 Å². The van der Waals surface area contributed by atoms with Gasteiger partial charge in [0.25, 0.3) is 5.91 Å². The molecule has 0 bridgehead atoms. The van der Waals surface area contributed by atoms with Crippen LogP contribution in [0, 0.1) is 5.82 Å². The van der Waals surface area contributed by atoms with Gasteiger partial charge in [-0.2, -0.15) is 0 Å². The third kappa shape index (κ3) is 5.05. The molecule has 0 saturated heterocycles. The lowest BCUT2D eigenvalue weighted by Crippen LogP contribution is -2.51. The molecule has 7 heteroatoms. The van der Waals surface area contributed by atoms with Crippen molar-refractivity contribution in [3.05, 3.63) is 35.6 Å². The Labute approximate surface area is 158 Å². The van der Waals surface area contributed by atoms with E-state index in [0.29, 0.717) is 18.4 Å². The summed E-state index contributed by atoms with van der Waals surface area (Å²) in [5.41, 5.74) is -1.30. The minimum atomic E-state index is -1.17.